The van der Waals surface area contributed by atoms with Crippen LogP contribution in [0.3, 0.4) is 0 Å². The summed E-state index contributed by atoms with van der Waals surface area (Å²) in [5.74, 6) is -4.06. The number of halogens is 1. The zero-order chi connectivity index (χ0) is 12.9. The molecule has 90 valence electrons. The van der Waals surface area contributed by atoms with Crippen LogP contribution < -0.4 is 0 Å². The smallest absolute Gasteiger partial charge is 0.324 e. The number of esters is 1. The van der Waals surface area contributed by atoms with Gasteiger partial charge in [0.2, 0.25) is 0 Å². The minimum atomic E-state index is -2.14. The van der Waals surface area contributed by atoms with Gasteiger partial charge in [-0.05, 0) is 4.48 Å². The molecule has 0 aliphatic rings. The molecule has 0 saturated heterocycles. The zero-order valence-corrected chi connectivity index (χ0v) is 10.1. The van der Waals surface area contributed by atoms with Crippen LogP contribution in [0.5, 0.6) is 0 Å². The van der Waals surface area contributed by atoms with E-state index in [4.69, 9.17) is 10.2 Å². The van der Waals surface area contributed by atoms with Crippen LogP contribution in [0.15, 0.2) is 11.1 Å². The highest BCUT2D eigenvalue weighted by Crippen LogP contribution is 2.34. The molecule has 7 heteroatoms. The predicted octanol–water partition coefficient (Wildman–Crippen LogP) is 1.00. The predicted molar refractivity (Wildman–Crippen MR) is 57.0 cm³/mol. The van der Waals surface area contributed by atoms with Crippen molar-refractivity contribution in [2.75, 3.05) is 7.11 Å². The normalized spacial score (nSPS) is 13.6. The summed E-state index contributed by atoms with van der Waals surface area (Å²) < 4.78 is 4.54. The summed E-state index contributed by atoms with van der Waals surface area (Å²) in [6.45, 7) is 3.40. The van der Waals surface area contributed by atoms with Gasteiger partial charge in [-0.1, -0.05) is 22.5 Å². The lowest BCUT2D eigenvalue weighted by atomic mass is 9.81. The van der Waals surface area contributed by atoms with Crippen LogP contribution in [0.25, 0.3) is 0 Å². The molecular weight excluding hydrogens is 284 g/mol. The topological polar surface area (TPSA) is 101 Å². The Hall–Kier alpha value is -1.37. The minimum absolute atomic E-state index is 0.210. The SMILES string of the molecule is C=C(Br)CC(CC(=O)O)(C(=O)O)C(=O)OC. The summed E-state index contributed by atoms with van der Waals surface area (Å²) in [7, 11) is 0.999. The van der Waals surface area contributed by atoms with Gasteiger partial charge < -0.3 is 14.9 Å². The number of rotatable bonds is 6. The Morgan fingerprint density at radius 2 is 1.81 bits per heavy atom. The second-order valence-corrected chi connectivity index (χ2v) is 4.26. The van der Waals surface area contributed by atoms with Crippen molar-refractivity contribution in [1.82, 2.24) is 0 Å². The highest BCUT2D eigenvalue weighted by Gasteiger charge is 2.49. The first kappa shape index (κ1) is 14.6. The maximum Gasteiger partial charge on any atom is 0.324 e. The van der Waals surface area contributed by atoms with E-state index in [2.05, 4.69) is 27.2 Å². The first-order valence-corrected chi connectivity index (χ1v) is 4.92. The number of carbonyl (C=O) groups excluding carboxylic acids is 1. The molecule has 0 aliphatic carbocycles. The van der Waals surface area contributed by atoms with Crippen molar-refractivity contribution in [2.45, 2.75) is 12.8 Å². The molecule has 0 rings (SSSR count). The number of aliphatic carboxylic acids is 2. The lowest BCUT2D eigenvalue weighted by Crippen LogP contribution is -2.42. The fourth-order valence-corrected chi connectivity index (χ4v) is 1.70. The van der Waals surface area contributed by atoms with E-state index >= 15 is 0 Å². The van der Waals surface area contributed by atoms with Crippen molar-refractivity contribution in [3.05, 3.63) is 11.1 Å². The van der Waals surface area contributed by atoms with E-state index in [1.54, 1.807) is 0 Å². The number of allylic oxidation sites excluding steroid dienone is 1. The molecule has 0 aromatic rings. The Morgan fingerprint density at radius 3 is 2.06 bits per heavy atom. The standard InChI is InChI=1S/C9H11BrO6/c1-5(10)3-9(7(13)14,4-6(11)12)8(15)16-2/h1,3-4H2,2H3,(H,11,12)(H,13,14). The summed E-state index contributed by atoms with van der Waals surface area (Å²) in [5.41, 5.74) is -2.14. The lowest BCUT2D eigenvalue weighted by molar-refractivity contribution is -0.171. The second kappa shape index (κ2) is 5.64. The Morgan fingerprint density at radius 1 is 1.31 bits per heavy atom. The Balaban J connectivity index is 5.37. The van der Waals surface area contributed by atoms with E-state index in [0.717, 1.165) is 7.11 Å². The highest BCUT2D eigenvalue weighted by atomic mass is 79.9. The Kier molecular flexibility index (Phi) is 5.16. The highest BCUT2D eigenvalue weighted by molar-refractivity contribution is 9.11. The van der Waals surface area contributed by atoms with Gasteiger partial charge in [-0.15, -0.1) is 0 Å². The molecular formula is C9H11BrO6. The summed E-state index contributed by atoms with van der Waals surface area (Å²) >= 11 is 2.91. The summed E-state index contributed by atoms with van der Waals surface area (Å²) in [5, 5.41) is 17.6. The molecule has 1 unspecified atom stereocenters. The molecule has 6 nitrogen and oxygen atoms in total. The molecule has 1 atom stereocenters. The van der Waals surface area contributed by atoms with Crippen LogP contribution in [-0.2, 0) is 19.1 Å². The van der Waals surface area contributed by atoms with Gasteiger partial charge in [0.05, 0.1) is 13.5 Å². The third-order valence-corrected chi connectivity index (χ3v) is 2.21. The fourth-order valence-electron chi connectivity index (χ4n) is 1.23. The Labute approximate surface area is 100 Å². The van der Waals surface area contributed by atoms with Crippen LogP contribution in [0.2, 0.25) is 0 Å². The van der Waals surface area contributed by atoms with Crippen molar-refractivity contribution < 1.29 is 29.3 Å². The van der Waals surface area contributed by atoms with Gasteiger partial charge in [-0.2, -0.15) is 0 Å². The minimum Gasteiger partial charge on any atom is -0.481 e. The molecule has 0 aliphatic heterocycles. The number of carboxylic acid groups (broad SMARTS) is 2. The van der Waals surface area contributed by atoms with E-state index in [-0.39, 0.29) is 10.9 Å². The fraction of sp³-hybridized carbons (Fsp3) is 0.444. The third-order valence-electron chi connectivity index (χ3n) is 1.93. The first-order chi connectivity index (χ1) is 7.26. The van der Waals surface area contributed by atoms with Crippen LogP contribution in [0.1, 0.15) is 12.8 Å². The van der Waals surface area contributed by atoms with Gasteiger partial charge >= 0.3 is 17.9 Å². The van der Waals surface area contributed by atoms with E-state index < -0.39 is 29.7 Å². The monoisotopic (exact) mass is 294 g/mol. The molecule has 0 amide bonds. The molecule has 2 N–H and O–H groups in total. The number of carboxylic acids is 2. The zero-order valence-electron chi connectivity index (χ0n) is 8.53. The molecule has 0 spiro atoms. The third kappa shape index (κ3) is 3.34. The number of carbonyl (C=O) groups is 3. The largest absolute Gasteiger partial charge is 0.481 e. The van der Waals surface area contributed by atoms with Gasteiger partial charge in [0.1, 0.15) is 0 Å². The molecule has 0 fully saturated rings. The van der Waals surface area contributed by atoms with Crippen LogP contribution in [0, 0.1) is 5.41 Å². The van der Waals surface area contributed by atoms with Crippen LogP contribution in [0.4, 0.5) is 0 Å². The van der Waals surface area contributed by atoms with E-state index in [9.17, 15) is 14.4 Å². The Bertz CT molecular complexity index is 319. The molecule has 0 saturated carbocycles. The summed E-state index contributed by atoms with van der Waals surface area (Å²) in [6, 6.07) is 0. The average Bonchev–Trinajstić information content (AvgIpc) is 2.13. The van der Waals surface area contributed by atoms with Crippen LogP contribution >= 0.6 is 15.9 Å². The van der Waals surface area contributed by atoms with Crippen molar-refractivity contribution in [1.29, 1.82) is 0 Å². The summed E-state index contributed by atoms with van der Waals surface area (Å²) in [6.07, 6.45) is -1.21. The van der Waals surface area contributed by atoms with Crippen molar-refractivity contribution in [3.63, 3.8) is 0 Å². The number of ether oxygens (including phenoxy) is 1. The summed E-state index contributed by atoms with van der Waals surface area (Å²) in [4.78, 5) is 33.1. The van der Waals surface area contributed by atoms with E-state index in [1.807, 2.05) is 0 Å². The van der Waals surface area contributed by atoms with Crippen molar-refractivity contribution in [2.24, 2.45) is 5.41 Å². The van der Waals surface area contributed by atoms with E-state index in [0.29, 0.717) is 0 Å². The molecule has 0 bridgehead atoms. The maximum absolute atomic E-state index is 11.4. The molecule has 0 radical (unpaired) electrons. The quantitative estimate of drug-likeness (QED) is 0.560. The van der Waals surface area contributed by atoms with Gasteiger partial charge in [0, 0.05) is 6.42 Å². The molecule has 0 heterocycles. The second-order valence-electron chi connectivity index (χ2n) is 3.14. The molecule has 0 aromatic carbocycles. The molecule has 0 aromatic heterocycles. The van der Waals surface area contributed by atoms with Crippen LogP contribution in [-0.4, -0.2) is 35.2 Å². The van der Waals surface area contributed by atoms with Crippen molar-refractivity contribution >= 4 is 33.8 Å². The molecule has 16 heavy (non-hydrogen) atoms. The first-order valence-electron chi connectivity index (χ1n) is 4.13. The van der Waals surface area contributed by atoms with Gasteiger partial charge in [0.25, 0.3) is 0 Å². The lowest BCUT2D eigenvalue weighted by Gasteiger charge is -2.24. The van der Waals surface area contributed by atoms with E-state index in [1.165, 1.54) is 0 Å². The van der Waals surface area contributed by atoms with Crippen molar-refractivity contribution in [3.8, 4) is 0 Å². The number of hydrogen-bond donors (Lipinski definition) is 2. The van der Waals surface area contributed by atoms with Gasteiger partial charge in [0.15, 0.2) is 5.41 Å². The van der Waals surface area contributed by atoms with Gasteiger partial charge in [-0.25, -0.2) is 0 Å². The average molecular weight is 295 g/mol. The number of methoxy groups -OCH3 is 1. The van der Waals surface area contributed by atoms with Gasteiger partial charge in [-0.3, -0.25) is 14.4 Å². The number of hydrogen-bond acceptors (Lipinski definition) is 4. The maximum atomic E-state index is 11.4.